The molecule has 0 fully saturated rings. The summed E-state index contributed by atoms with van der Waals surface area (Å²) in [5, 5.41) is 0.901. The van der Waals surface area contributed by atoms with Gasteiger partial charge in [0.1, 0.15) is 5.15 Å². The molecule has 0 aliphatic carbocycles. The van der Waals surface area contributed by atoms with Gasteiger partial charge in [0.2, 0.25) is 0 Å². The molecule has 1 aromatic heterocycles. The fourth-order valence-electron chi connectivity index (χ4n) is 2.69. The Morgan fingerprint density at radius 3 is 2.00 bits per heavy atom. The van der Waals surface area contributed by atoms with Gasteiger partial charge in [0.05, 0.1) is 5.92 Å². The maximum Gasteiger partial charge on any atom is 0.174 e. The van der Waals surface area contributed by atoms with E-state index >= 15 is 0 Å². The molecule has 3 rings (SSSR count). The first-order chi connectivity index (χ1) is 12.5. The summed E-state index contributed by atoms with van der Waals surface area (Å²) in [5.41, 5.74) is 1.72. The van der Waals surface area contributed by atoms with Gasteiger partial charge in [-0.25, -0.2) is 4.98 Å². The Kier molecular flexibility index (Phi) is 5.82. The second kappa shape index (κ2) is 8.26. The quantitative estimate of drug-likeness (QED) is 0.329. The number of aromatic nitrogens is 1. The van der Waals surface area contributed by atoms with E-state index in [9.17, 15) is 9.59 Å². The van der Waals surface area contributed by atoms with Gasteiger partial charge in [0.25, 0.3) is 0 Å². The van der Waals surface area contributed by atoms with Crippen molar-refractivity contribution in [1.29, 1.82) is 0 Å². The first kappa shape index (κ1) is 18.3. The number of pyridine rings is 1. The Morgan fingerprint density at radius 1 is 0.808 bits per heavy atom. The Morgan fingerprint density at radius 2 is 1.42 bits per heavy atom. The average Bonchev–Trinajstić information content (AvgIpc) is 2.68. The highest BCUT2D eigenvalue weighted by atomic mass is 35.5. The van der Waals surface area contributed by atoms with E-state index in [0.29, 0.717) is 21.3 Å². The van der Waals surface area contributed by atoms with Gasteiger partial charge in [-0.1, -0.05) is 59.6 Å². The molecule has 0 radical (unpaired) electrons. The van der Waals surface area contributed by atoms with Gasteiger partial charge in [-0.05, 0) is 42.3 Å². The molecule has 0 N–H and O–H groups in total. The van der Waals surface area contributed by atoms with Gasteiger partial charge >= 0.3 is 0 Å². The molecule has 0 saturated carbocycles. The van der Waals surface area contributed by atoms with Crippen LogP contribution in [0, 0.1) is 5.92 Å². The SMILES string of the molecule is O=C(c1ccccc1)[C@H](Cc1ccc(Cl)nc1)C(=O)c1ccc(Cl)cc1. The highest BCUT2D eigenvalue weighted by Gasteiger charge is 2.28. The standard InChI is InChI=1S/C21H15Cl2NO2/c22-17-9-7-16(8-10-17)21(26)18(12-14-6-11-19(23)24-13-14)20(25)15-4-2-1-3-5-15/h1-11,13,18H,12H2/t18-/m0/s1. The second-order valence-electron chi connectivity index (χ2n) is 5.85. The van der Waals surface area contributed by atoms with Crippen LogP contribution in [-0.4, -0.2) is 16.6 Å². The monoisotopic (exact) mass is 383 g/mol. The maximum atomic E-state index is 13.0. The Balaban J connectivity index is 1.94. The van der Waals surface area contributed by atoms with Gasteiger partial charge in [0, 0.05) is 22.3 Å². The molecule has 0 aliphatic heterocycles. The summed E-state index contributed by atoms with van der Waals surface area (Å²) in [6.45, 7) is 0. The maximum absolute atomic E-state index is 13.0. The largest absolute Gasteiger partial charge is 0.293 e. The Hall–Kier alpha value is -2.49. The molecule has 1 heterocycles. The van der Waals surface area contributed by atoms with Crippen molar-refractivity contribution in [3.05, 3.63) is 99.8 Å². The van der Waals surface area contributed by atoms with Crippen LogP contribution in [0.25, 0.3) is 0 Å². The number of halogens is 2. The van der Waals surface area contributed by atoms with Crippen molar-refractivity contribution in [3.8, 4) is 0 Å². The number of carbonyl (C=O) groups excluding carboxylic acids is 2. The molecule has 1 atom stereocenters. The normalized spacial score (nSPS) is 11.8. The number of hydrogen-bond donors (Lipinski definition) is 0. The minimum absolute atomic E-state index is 0.222. The zero-order chi connectivity index (χ0) is 18.5. The minimum Gasteiger partial charge on any atom is -0.293 e. The molecule has 3 aromatic rings. The van der Waals surface area contributed by atoms with E-state index in [0.717, 1.165) is 5.56 Å². The summed E-state index contributed by atoms with van der Waals surface area (Å²) in [6.07, 6.45) is 1.84. The number of nitrogens with zero attached hydrogens (tertiary/aromatic N) is 1. The lowest BCUT2D eigenvalue weighted by atomic mass is 9.85. The van der Waals surface area contributed by atoms with Crippen LogP contribution in [0.2, 0.25) is 10.2 Å². The summed E-state index contributed by atoms with van der Waals surface area (Å²) >= 11 is 11.7. The molecule has 3 nitrogen and oxygen atoms in total. The van der Waals surface area contributed by atoms with Crippen LogP contribution in [0.15, 0.2) is 72.9 Å². The number of hydrogen-bond acceptors (Lipinski definition) is 3. The first-order valence-corrected chi connectivity index (χ1v) is 8.79. The highest BCUT2D eigenvalue weighted by molar-refractivity contribution is 6.30. The summed E-state index contributed by atoms with van der Waals surface area (Å²) in [4.78, 5) is 30.1. The van der Waals surface area contributed by atoms with Gasteiger partial charge in [-0.3, -0.25) is 9.59 Å². The third-order valence-electron chi connectivity index (χ3n) is 4.05. The molecule has 0 bridgehead atoms. The first-order valence-electron chi connectivity index (χ1n) is 8.04. The number of Topliss-reactive ketones (excluding diaryl/α,β-unsaturated/α-hetero) is 2. The summed E-state index contributed by atoms with van der Waals surface area (Å²) in [7, 11) is 0. The number of benzene rings is 2. The van der Waals surface area contributed by atoms with Crippen molar-refractivity contribution in [2.24, 2.45) is 5.92 Å². The number of carbonyl (C=O) groups is 2. The Labute approximate surface area is 161 Å². The van der Waals surface area contributed by atoms with Crippen LogP contribution in [0.5, 0.6) is 0 Å². The predicted octanol–water partition coefficient (Wildman–Crippen LogP) is 5.31. The lowest BCUT2D eigenvalue weighted by molar-refractivity contribution is 0.0806. The van der Waals surface area contributed by atoms with Crippen molar-refractivity contribution in [3.63, 3.8) is 0 Å². The van der Waals surface area contributed by atoms with Gasteiger partial charge < -0.3 is 0 Å². The molecule has 0 amide bonds. The van der Waals surface area contributed by atoms with E-state index in [2.05, 4.69) is 4.98 Å². The smallest absolute Gasteiger partial charge is 0.174 e. The third-order valence-corrected chi connectivity index (χ3v) is 4.52. The van der Waals surface area contributed by atoms with Crippen molar-refractivity contribution in [2.75, 3.05) is 0 Å². The molecule has 0 aliphatic rings. The van der Waals surface area contributed by atoms with Gasteiger partial charge in [-0.15, -0.1) is 0 Å². The highest BCUT2D eigenvalue weighted by Crippen LogP contribution is 2.21. The Bertz CT molecular complexity index is 907. The zero-order valence-electron chi connectivity index (χ0n) is 13.7. The van der Waals surface area contributed by atoms with E-state index in [1.165, 1.54) is 0 Å². The summed E-state index contributed by atoms with van der Waals surface area (Å²) < 4.78 is 0. The van der Waals surface area contributed by atoms with Crippen LogP contribution in [0.3, 0.4) is 0 Å². The zero-order valence-corrected chi connectivity index (χ0v) is 15.2. The topological polar surface area (TPSA) is 47.0 Å². The number of rotatable bonds is 6. The molecule has 0 spiro atoms. The average molecular weight is 384 g/mol. The lowest BCUT2D eigenvalue weighted by Crippen LogP contribution is -2.26. The molecule has 130 valence electrons. The fraction of sp³-hybridized carbons (Fsp3) is 0.0952. The molecule has 0 unspecified atom stereocenters. The summed E-state index contributed by atoms with van der Waals surface area (Å²) in [6, 6.07) is 18.8. The molecule has 5 heteroatoms. The van der Waals surface area contributed by atoms with E-state index in [-0.39, 0.29) is 18.0 Å². The van der Waals surface area contributed by atoms with Crippen molar-refractivity contribution < 1.29 is 9.59 Å². The van der Waals surface area contributed by atoms with Gasteiger partial charge in [-0.2, -0.15) is 0 Å². The van der Waals surface area contributed by atoms with Crippen LogP contribution >= 0.6 is 23.2 Å². The van der Waals surface area contributed by atoms with Crippen LogP contribution < -0.4 is 0 Å². The molecule has 26 heavy (non-hydrogen) atoms. The van der Waals surface area contributed by atoms with Crippen LogP contribution in [0.4, 0.5) is 0 Å². The van der Waals surface area contributed by atoms with Crippen LogP contribution in [0.1, 0.15) is 26.3 Å². The van der Waals surface area contributed by atoms with Crippen LogP contribution in [-0.2, 0) is 6.42 Å². The van der Waals surface area contributed by atoms with Crippen molar-refractivity contribution >= 4 is 34.8 Å². The molecule has 0 saturated heterocycles. The van der Waals surface area contributed by atoms with E-state index < -0.39 is 5.92 Å². The third kappa shape index (κ3) is 4.37. The minimum atomic E-state index is -0.846. The number of ketones is 2. The predicted molar refractivity (Wildman–Crippen MR) is 103 cm³/mol. The molecular weight excluding hydrogens is 369 g/mol. The fourth-order valence-corrected chi connectivity index (χ4v) is 2.92. The second-order valence-corrected chi connectivity index (χ2v) is 6.67. The van der Waals surface area contributed by atoms with E-state index in [1.54, 1.807) is 66.9 Å². The van der Waals surface area contributed by atoms with Crippen molar-refractivity contribution in [1.82, 2.24) is 4.98 Å². The lowest BCUT2D eigenvalue weighted by Gasteiger charge is -2.15. The van der Waals surface area contributed by atoms with E-state index in [4.69, 9.17) is 23.2 Å². The molecule has 2 aromatic carbocycles. The molecular formula is C21H15Cl2NO2. The van der Waals surface area contributed by atoms with Crippen molar-refractivity contribution in [2.45, 2.75) is 6.42 Å². The summed E-state index contributed by atoms with van der Waals surface area (Å²) in [5.74, 6) is -1.31. The van der Waals surface area contributed by atoms with E-state index in [1.807, 2.05) is 6.07 Å². The van der Waals surface area contributed by atoms with Gasteiger partial charge in [0.15, 0.2) is 11.6 Å².